The number of benzene rings is 6. The van der Waals surface area contributed by atoms with Gasteiger partial charge >= 0.3 is 0 Å². The summed E-state index contributed by atoms with van der Waals surface area (Å²) in [6.45, 7) is 0. The average Bonchev–Trinajstić information content (AvgIpc) is 3.62. The van der Waals surface area contributed by atoms with Gasteiger partial charge in [0.1, 0.15) is 5.58 Å². The summed E-state index contributed by atoms with van der Waals surface area (Å²) >= 11 is 0. The van der Waals surface area contributed by atoms with E-state index in [0.717, 1.165) is 44.7 Å². The van der Waals surface area contributed by atoms with Crippen LogP contribution in [0.25, 0.3) is 60.2 Å². The standard InChI is InChI=1S/C39H25N3O/c1-2-9-27(10-3-1)41(30-19-21-37-35(24-30)33-22-23-40-25-38(33)43-37)28-15-17-29(18-16-28)42-36-13-7-6-12-32(36)34-20-14-26-8-4-5-11-31(26)39(34)42/h1-25H. The lowest BCUT2D eigenvalue weighted by Gasteiger charge is -2.26. The first-order valence-corrected chi connectivity index (χ1v) is 14.5. The first kappa shape index (κ1) is 23.8. The molecule has 9 rings (SSSR count). The van der Waals surface area contributed by atoms with Gasteiger partial charge in [-0.25, -0.2) is 0 Å². The van der Waals surface area contributed by atoms with Crippen molar-refractivity contribution in [3.63, 3.8) is 0 Å². The third-order valence-electron chi connectivity index (χ3n) is 8.46. The van der Waals surface area contributed by atoms with E-state index in [1.54, 1.807) is 6.20 Å². The minimum absolute atomic E-state index is 0.795. The van der Waals surface area contributed by atoms with Crippen molar-refractivity contribution in [3.05, 3.63) is 152 Å². The predicted molar refractivity (Wildman–Crippen MR) is 178 cm³/mol. The maximum atomic E-state index is 6.07. The van der Waals surface area contributed by atoms with Crippen LogP contribution in [-0.4, -0.2) is 9.55 Å². The molecule has 0 N–H and O–H groups in total. The van der Waals surface area contributed by atoms with Crippen molar-refractivity contribution in [1.82, 2.24) is 9.55 Å². The van der Waals surface area contributed by atoms with Crippen molar-refractivity contribution >= 4 is 71.6 Å². The Labute approximate surface area is 247 Å². The van der Waals surface area contributed by atoms with Crippen LogP contribution in [0.2, 0.25) is 0 Å². The Morgan fingerprint density at radius 2 is 1.26 bits per heavy atom. The van der Waals surface area contributed by atoms with E-state index >= 15 is 0 Å². The fourth-order valence-electron chi connectivity index (χ4n) is 6.53. The summed E-state index contributed by atoms with van der Waals surface area (Å²) in [6, 6.07) is 49.6. The second-order valence-electron chi connectivity index (χ2n) is 10.9. The van der Waals surface area contributed by atoms with E-state index in [1.165, 1.54) is 32.6 Å². The highest BCUT2D eigenvalue weighted by atomic mass is 16.3. The third kappa shape index (κ3) is 3.67. The molecule has 0 unspecified atom stereocenters. The summed E-state index contributed by atoms with van der Waals surface area (Å²) in [5, 5.41) is 7.15. The molecule has 6 aromatic carbocycles. The summed E-state index contributed by atoms with van der Waals surface area (Å²) < 4.78 is 8.48. The van der Waals surface area contributed by atoms with E-state index < -0.39 is 0 Å². The lowest BCUT2D eigenvalue weighted by molar-refractivity contribution is 0.667. The smallest absolute Gasteiger partial charge is 0.153 e. The van der Waals surface area contributed by atoms with Crippen molar-refractivity contribution in [1.29, 1.82) is 0 Å². The van der Waals surface area contributed by atoms with Crippen LogP contribution >= 0.6 is 0 Å². The highest BCUT2D eigenvalue weighted by Gasteiger charge is 2.18. The van der Waals surface area contributed by atoms with Gasteiger partial charge in [0.15, 0.2) is 5.58 Å². The van der Waals surface area contributed by atoms with Crippen LogP contribution in [0.15, 0.2) is 156 Å². The molecule has 0 aliphatic carbocycles. The Morgan fingerprint density at radius 3 is 2.14 bits per heavy atom. The van der Waals surface area contributed by atoms with Gasteiger partial charge in [-0.1, -0.05) is 72.8 Å². The number of para-hydroxylation sites is 2. The average molecular weight is 552 g/mol. The normalized spacial score (nSPS) is 11.7. The largest absolute Gasteiger partial charge is 0.454 e. The summed E-state index contributed by atoms with van der Waals surface area (Å²) in [7, 11) is 0. The van der Waals surface area contributed by atoms with Crippen molar-refractivity contribution < 1.29 is 4.42 Å². The molecule has 3 heterocycles. The monoisotopic (exact) mass is 551 g/mol. The van der Waals surface area contributed by atoms with E-state index in [9.17, 15) is 0 Å². The second-order valence-corrected chi connectivity index (χ2v) is 10.9. The van der Waals surface area contributed by atoms with Gasteiger partial charge in [0, 0.05) is 55.9 Å². The first-order valence-electron chi connectivity index (χ1n) is 14.5. The zero-order chi connectivity index (χ0) is 28.3. The molecule has 0 saturated heterocycles. The zero-order valence-electron chi connectivity index (χ0n) is 23.2. The molecule has 4 nitrogen and oxygen atoms in total. The van der Waals surface area contributed by atoms with Gasteiger partial charge < -0.3 is 13.9 Å². The van der Waals surface area contributed by atoms with Crippen LogP contribution in [0, 0.1) is 0 Å². The topological polar surface area (TPSA) is 34.2 Å². The number of aromatic nitrogens is 2. The number of fused-ring (bicyclic) bond motifs is 8. The van der Waals surface area contributed by atoms with Crippen LogP contribution in [0.3, 0.4) is 0 Å². The van der Waals surface area contributed by atoms with E-state index in [2.05, 4.69) is 148 Å². The van der Waals surface area contributed by atoms with E-state index in [-0.39, 0.29) is 0 Å². The molecule has 0 saturated carbocycles. The van der Waals surface area contributed by atoms with Gasteiger partial charge in [0.25, 0.3) is 0 Å². The Balaban J connectivity index is 1.24. The molecular weight excluding hydrogens is 526 g/mol. The molecule has 0 atom stereocenters. The van der Waals surface area contributed by atoms with Crippen LogP contribution in [0.5, 0.6) is 0 Å². The van der Waals surface area contributed by atoms with Crippen molar-refractivity contribution in [2.24, 2.45) is 0 Å². The SMILES string of the molecule is c1ccc(N(c2ccc(-n3c4ccccc4c4ccc5ccccc5c43)cc2)c2ccc3oc4cnccc4c3c2)cc1. The van der Waals surface area contributed by atoms with Crippen LogP contribution < -0.4 is 4.90 Å². The molecule has 0 fully saturated rings. The Hall–Kier alpha value is -5.87. The molecule has 0 bridgehead atoms. The fraction of sp³-hybridized carbons (Fsp3) is 0. The quantitative estimate of drug-likeness (QED) is 0.218. The maximum Gasteiger partial charge on any atom is 0.153 e. The summed E-state index contributed by atoms with van der Waals surface area (Å²) in [4.78, 5) is 6.53. The van der Waals surface area contributed by atoms with E-state index in [4.69, 9.17) is 4.42 Å². The Bertz CT molecular complexity index is 2450. The lowest BCUT2D eigenvalue weighted by atomic mass is 10.1. The van der Waals surface area contributed by atoms with Gasteiger partial charge in [-0.2, -0.15) is 0 Å². The van der Waals surface area contributed by atoms with Crippen molar-refractivity contribution in [2.45, 2.75) is 0 Å². The number of furan rings is 1. The Morgan fingerprint density at radius 1 is 0.512 bits per heavy atom. The minimum atomic E-state index is 0.795. The van der Waals surface area contributed by atoms with E-state index in [0.29, 0.717) is 0 Å². The highest BCUT2D eigenvalue weighted by Crippen LogP contribution is 2.40. The summed E-state index contributed by atoms with van der Waals surface area (Å²) in [5.74, 6) is 0. The van der Waals surface area contributed by atoms with E-state index in [1.807, 2.05) is 12.3 Å². The van der Waals surface area contributed by atoms with Gasteiger partial charge in [0.2, 0.25) is 0 Å². The molecule has 202 valence electrons. The fourth-order valence-corrected chi connectivity index (χ4v) is 6.53. The molecular formula is C39H25N3O. The number of nitrogens with zero attached hydrogens (tertiary/aromatic N) is 3. The molecule has 0 radical (unpaired) electrons. The van der Waals surface area contributed by atoms with Gasteiger partial charge in [-0.15, -0.1) is 0 Å². The Kier molecular flexibility index (Phi) is 5.16. The van der Waals surface area contributed by atoms with Crippen molar-refractivity contribution in [2.75, 3.05) is 4.90 Å². The zero-order valence-corrected chi connectivity index (χ0v) is 23.2. The second kappa shape index (κ2) is 9.33. The summed E-state index contributed by atoms with van der Waals surface area (Å²) in [6.07, 6.45) is 3.59. The number of pyridine rings is 1. The maximum absolute atomic E-state index is 6.07. The minimum Gasteiger partial charge on any atom is -0.454 e. The lowest BCUT2D eigenvalue weighted by Crippen LogP contribution is -2.10. The predicted octanol–water partition coefficient (Wildman–Crippen LogP) is 10.7. The van der Waals surface area contributed by atoms with Crippen LogP contribution in [0.1, 0.15) is 0 Å². The summed E-state index contributed by atoms with van der Waals surface area (Å²) in [5.41, 5.74) is 8.45. The van der Waals surface area contributed by atoms with Gasteiger partial charge in [-0.05, 0) is 72.1 Å². The number of anilines is 3. The van der Waals surface area contributed by atoms with Crippen LogP contribution in [-0.2, 0) is 0 Å². The highest BCUT2D eigenvalue weighted by molar-refractivity contribution is 6.18. The molecule has 0 amide bonds. The molecule has 0 aliphatic heterocycles. The number of rotatable bonds is 4. The molecule has 0 aliphatic rings. The molecule has 0 spiro atoms. The molecule has 3 aromatic heterocycles. The number of hydrogen-bond acceptors (Lipinski definition) is 3. The van der Waals surface area contributed by atoms with Crippen molar-refractivity contribution in [3.8, 4) is 5.69 Å². The van der Waals surface area contributed by atoms with Gasteiger partial charge in [-0.3, -0.25) is 4.98 Å². The first-order chi connectivity index (χ1) is 21.3. The molecule has 9 aromatic rings. The van der Waals surface area contributed by atoms with Gasteiger partial charge in [0.05, 0.1) is 17.2 Å². The third-order valence-corrected chi connectivity index (χ3v) is 8.46. The molecule has 4 heteroatoms. The van der Waals surface area contributed by atoms with Crippen LogP contribution in [0.4, 0.5) is 17.1 Å². The molecule has 43 heavy (non-hydrogen) atoms. The number of hydrogen-bond donors (Lipinski definition) is 0.